The first-order chi connectivity index (χ1) is 15.7. The summed E-state index contributed by atoms with van der Waals surface area (Å²) in [6, 6.07) is 24.3. The number of imide groups is 1. The van der Waals surface area contributed by atoms with Crippen molar-refractivity contribution in [3.63, 3.8) is 0 Å². The summed E-state index contributed by atoms with van der Waals surface area (Å²) in [5.41, 5.74) is 2.91. The van der Waals surface area contributed by atoms with Crippen molar-refractivity contribution < 1.29 is 9.59 Å². The Labute approximate surface area is 186 Å². The van der Waals surface area contributed by atoms with Gasteiger partial charge in [-0.1, -0.05) is 36.4 Å². The quantitative estimate of drug-likeness (QED) is 0.450. The zero-order valence-corrected chi connectivity index (χ0v) is 17.4. The molecule has 0 saturated carbocycles. The highest BCUT2D eigenvalue weighted by Crippen LogP contribution is 2.42. The minimum Gasteiger partial charge on any atom is -0.273 e. The van der Waals surface area contributed by atoms with Crippen molar-refractivity contribution in [2.75, 3.05) is 4.90 Å². The van der Waals surface area contributed by atoms with Gasteiger partial charge in [0.1, 0.15) is 0 Å². The largest absolute Gasteiger partial charge is 0.273 e. The molecule has 5 heteroatoms. The van der Waals surface area contributed by atoms with Gasteiger partial charge in [-0.3, -0.25) is 19.6 Å². The van der Waals surface area contributed by atoms with Crippen molar-refractivity contribution in [1.29, 1.82) is 0 Å². The Morgan fingerprint density at radius 2 is 1.19 bits per heavy atom. The van der Waals surface area contributed by atoms with Crippen LogP contribution in [0.5, 0.6) is 0 Å². The summed E-state index contributed by atoms with van der Waals surface area (Å²) < 4.78 is 0. The summed E-state index contributed by atoms with van der Waals surface area (Å²) in [5.74, 6) is -0.516. The van der Waals surface area contributed by atoms with Crippen LogP contribution in [0.1, 0.15) is 27.0 Å². The Morgan fingerprint density at radius 3 is 1.78 bits per heavy atom. The standard InChI is InChI=1S/C27H21N3O2/c31-25-23-8-4-5-9-24(23)27(18-20-10-14-28-15-11-20,19-21-12-16-29-17-13-21)26(32)30(25)22-6-2-1-3-7-22/h1-17H,18-19H2. The molecule has 0 radical (unpaired) electrons. The van der Waals surface area contributed by atoms with E-state index in [9.17, 15) is 9.59 Å². The van der Waals surface area contributed by atoms with Crippen LogP contribution in [0.25, 0.3) is 0 Å². The lowest BCUT2D eigenvalue weighted by molar-refractivity contribution is -0.123. The number of pyridine rings is 2. The minimum absolute atomic E-state index is 0.221. The molecule has 0 unspecified atom stereocenters. The molecule has 32 heavy (non-hydrogen) atoms. The van der Waals surface area contributed by atoms with Crippen molar-refractivity contribution in [3.8, 4) is 0 Å². The Morgan fingerprint density at radius 1 is 0.656 bits per heavy atom. The number of para-hydroxylation sites is 1. The maximum absolute atomic E-state index is 14.3. The van der Waals surface area contributed by atoms with Crippen LogP contribution >= 0.6 is 0 Å². The molecule has 5 rings (SSSR count). The highest BCUT2D eigenvalue weighted by Gasteiger charge is 2.51. The maximum atomic E-state index is 14.3. The lowest BCUT2D eigenvalue weighted by atomic mass is 9.67. The second-order valence-corrected chi connectivity index (χ2v) is 7.97. The van der Waals surface area contributed by atoms with E-state index in [2.05, 4.69) is 9.97 Å². The third kappa shape index (κ3) is 3.38. The number of amides is 2. The van der Waals surface area contributed by atoms with Gasteiger partial charge in [0, 0.05) is 30.4 Å². The van der Waals surface area contributed by atoms with E-state index in [0.29, 0.717) is 24.1 Å². The predicted octanol–water partition coefficient (Wildman–Crippen LogP) is 4.39. The molecular formula is C27H21N3O2. The van der Waals surface area contributed by atoms with E-state index in [1.165, 1.54) is 4.90 Å². The predicted molar refractivity (Wildman–Crippen MR) is 122 cm³/mol. The molecule has 0 saturated heterocycles. The van der Waals surface area contributed by atoms with Crippen molar-refractivity contribution in [1.82, 2.24) is 9.97 Å². The fourth-order valence-electron chi connectivity index (χ4n) is 4.54. The Hall–Kier alpha value is -4.12. The summed E-state index contributed by atoms with van der Waals surface area (Å²) in [7, 11) is 0. The second-order valence-electron chi connectivity index (χ2n) is 7.97. The molecule has 1 aliphatic rings. The molecule has 2 amide bonds. The zero-order valence-electron chi connectivity index (χ0n) is 17.4. The molecule has 0 spiro atoms. The van der Waals surface area contributed by atoms with Crippen molar-refractivity contribution in [3.05, 3.63) is 126 Å². The van der Waals surface area contributed by atoms with Gasteiger partial charge in [0.05, 0.1) is 11.1 Å². The fourth-order valence-corrected chi connectivity index (χ4v) is 4.54. The highest BCUT2D eigenvalue weighted by atomic mass is 16.2. The van der Waals surface area contributed by atoms with Crippen LogP contribution < -0.4 is 4.90 Å². The number of carbonyl (C=O) groups excluding carboxylic acids is 2. The van der Waals surface area contributed by atoms with E-state index in [1.807, 2.05) is 66.7 Å². The fraction of sp³-hybridized carbons (Fsp3) is 0.111. The smallest absolute Gasteiger partial charge is 0.265 e. The monoisotopic (exact) mass is 419 g/mol. The number of aromatic nitrogens is 2. The zero-order chi connectivity index (χ0) is 22.0. The highest BCUT2D eigenvalue weighted by molar-refractivity contribution is 6.27. The lowest BCUT2D eigenvalue weighted by Crippen LogP contribution is -2.56. The van der Waals surface area contributed by atoms with Crippen LogP contribution in [-0.4, -0.2) is 21.8 Å². The number of hydrogen-bond donors (Lipinski definition) is 0. The van der Waals surface area contributed by atoms with E-state index in [-0.39, 0.29) is 11.8 Å². The Balaban J connectivity index is 1.75. The van der Waals surface area contributed by atoms with Crippen LogP contribution in [0.4, 0.5) is 5.69 Å². The second kappa shape index (κ2) is 8.19. The number of anilines is 1. The van der Waals surface area contributed by atoms with Crippen LogP contribution in [0, 0.1) is 0 Å². The van der Waals surface area contributed by atoms with Gasteiger partial charge in [0.2, 0.25) is 5.91 Å². The van der Waals surface area contributed by atoms with Gasteiger partial charge in [-0.25, -0.2) is 4.90 Å². The van der Waals surface area contributed by atoms with E-state index in [1.54, 1.807) is 36.9 Å². The molecule has 3 heterocycles. The molecular weight excluding hydrogens is 398 g/mol. The first-order valence-electron chi connectivity index (χ1n) is 10.5. The third-order valence-electron chi connectivity index (χ3n) is 6.01. The first kappa shape index (κ1) is 19.8. The molecule has 1 aliphatic heterocycles. The van der Waals surface area contributed by atoms with Gasteiger partial charge in [-0.2, -0.15) is 0 Å². The SMILES string of the molecule is O=C1c2ccccc2C(Cc2ccncc2)(Cc2ccncc2)C(=O)N1c1ccccc1. The average Bonchev–Trinajstić information content (AvgIpc) is 2.85. The molecule has 0 bridgehead atoms. The minimum atomic E-state index is -0.955. The van der Waals surface area contributed by atoms with E-state index >= 15 is 0 Å². The van der Waals surface area contributed by atoms with Gasteiger partial charge < -0.3 is 0 Å². The van der Waals surface area contributed by atoms with Gasteiger partial charge in [0.25, 0.3) is 5.91 Å². The molecule has 2 aromatic carbocycles. The van der Waals surface area contributed by atoms with Crippen LogP contribution in [-0.2, 0) is 23.1 Å². The topological polar surface area (TPSA) is 63.2 Å². The number of fused-ring (bicyclic) bond motifs is 1. The molecule has 4 aromatic rings. The van der Waals surface area contributed by atoms with E-state index < -0.39 is 5.41 Å². The summed E-state index contributed by atoms with van der Waals surface area (Å²) in [6.45, 7) is 0. The Bertz CT molecular complexity index is 1220. The van der Waals surface area contributed by atoms with Crippen LogP contribution in [0.3, 0.4) is 0 Å². The van der Waals surface area contributed by atoms with Crippen molar-refractivity contribution >= 4 is 17.5 Å². The number of rotatable bonds is 5. The van der Waals surface area contributed by atoms with E-state index in [0.717, 1.165) is 16.7 Å². The molecule has 0 aliphatic carbocycles. The van der Waals surface area contributed by atoms with Gasteiger partial charge >= 0.3 is 0 Å². The molecule has 5 nitrogen and oxygen atoms in total. The average molecular weight is 419 g/mol. The Kier molecular flexibility index (Phi) is 5.07. The molecule has 0 atom stereocenters. The normalized spacial score (nSPS) is 14.8. The van der Waals surface area contributed by atoms with E-state index in [4.69, 9.17) is 0 Å². The lowest BCUT2D eigenvalue weighted by Gasteiger charge is -2.42. The molecule has 0 fully saturated rings. The number of carbonyl (C=O) groups is 2. The number of hydrogen-bond acceptors (Lipinski definition) is 4. The first-order valence-corrected chi connectivity index (χ1v) is 10.5. The number of benzene rings is 2. The summed E-state index contributed by atoms with van der Waals surface area (Å²) in [5, 5.41) is 0. The van der Waals surface area contributed by atoms with Crippen LogP contribution in [0.15, 0.2) is 104 Å². The van der Waals surface area contributed by atoms with Gasteiger partial charge in [-0.15, -0.1) is 0 Å². The van der Waals surface area contributed by atoms with Crippen molar-refractivity contribution in [2.24, 2.45) is 0 Å². The number of nitrogens with zero attached hydrogens (tertiary/aromatic N) is 3. The van der Waals surface area contributed by atoms with Crippen molar-refractivity contribution in [2.45, 2.75) is 18.3 Å². The molecule has 0 N–H and O–H groups in total. The summed E-state index contributed by atoms with van der Waals surface area (Å²) in [6.07, 6.45) is 7.82. The molecule has 156 valence electrons. The van der Waals surface area contributed by atoms with Gasteiger partial charge in [0.15, 0.2) is 0 Å². The van der Waals surface area contributed by atoms with Gasteiger partial charge in [-0.05, 0) is 72.0 Å². The summed E-state index contributed by atoms with van der Waals surface area (Å²) in [4.78, 5) is 37.4. The third-order valence-corrected chi connectivity index (χ3v) is 6.01. The van der Waals surface area contributed by atoms with Crippen LogP contribution in [0.2, 0.25) is 0 Å². The molecule has 2 aromatic heterocycles. The summed E-state index contributed by atoms with van der Waals surface area (Å²) >= 11 is 0. The maximum Gasteiger partial charge on any atom is 0.265 e.